The van der Waals surface area contributed by atoms with Gasteiger partial charge in [-0.25, -0.2) is 0 Å². The molecular weight excluding hydrogens is 787 g/mol. The minimum Gasteiger partial charge on any atom is -0.310 e. The van der Waals surface area contributed by atoms with Crippen molar-refractivity contribution in [2.75, 3.05) is 4.90 Å². The molecule has 0 atom stereocenters. The monoisotopic (exact) mass is 829 g/mol. The van der Waals surface area contributed by atoms with Crippen molar-refractivity contribution in [3.63, 3.8) is 0 Å². The molecule has 1 heterocycles. The largest absolute Gasteiger partial charge is 0.310 e. The Hall–Kier alpha value is -8.04. The Balaban J connectivity index is 1.01. The second-order valence-corrected chi connectivity index (χ2v) is 20.6. The van der Waals surface area contributed by atoms with Crippen LogP contribution in [0, 0.1) is 0 Å². The molecule has 0 unspecified atom stereocenters. The van der Waals surface area contributed by atoms with Crippen LogP contribution in [-0.4, -0.2) is 8.07 Å². The second kappa shape index (κ2) is 15.7. The predicted octanol–water partition coefficient (Wildman–Crippen LogP) is 13.8. The van der Waals surface area contributed by atoms with E-state index < -0.39 is 8.07 Å². The summed E-state index contributed by atoms with van der Waals surface area (Å²) in [5.41, 5.74) is 13.3. The third kappa shape index (κ3) is 6.22. The van der Waals surface area contributed by atoms with E-state index in [9.17, 15) is 0 Å². The highest BCUT2D eigenvalue weighted by Gasteiger charge is 2.48. The standard InChI is InChI=1S/C62H43NSi/c1-5-17-44(18-6-1)45-31-36-51(37-32-45)63(52-38-33-47(34-39-52)57-29-16-22-48-21-15-28-56(62(48)57)46-19-7-2-8-20-46)53-40-35-49-43-61-59(42-50(49)41-53)58-27-13-14-30-60(58)64(61,54-23-9-3-10-24-54)55-25-11-4-12-26-55/h1-43H. The van der Waals surface area contributed by atoms with Crippen LogP contribution < -0.4 is 25.6 Å². The number of fused-ring (bicyclic) bond motifs is 5. The van der Waals surface area contributed by atoms with Gasteiger partial charge in [0.1, 0.15) is 0 Å². The van der Waals surface area contributed by atoms with Gasteiger partial charge < -0.3 is 4.90 Å². The average molecular weight is 830 g/mol. The normalized spacial score (nSPS) is 12.5. The van der Waals surface area contributed by atoms with E-state index >= 15 is 0 Å². The quantitative estimate of drug-likeness (QED) is 0.138. The number of hydrogen-bond acceptors (Lipinski definition) is 1. The van der Waals surface area contributed by atoms with Crippen LogP contribution in [0.3, 0.4) is 0 Å². The van der Waals surface area contributed by atoms with Crippen LogP contribution in [0.4, 0.5) is 17.1 Å². The summed E-state index contributed by atoms with van der Waals surface area (Å²) in [5.74, 6) is 0. The first-order valence-corrected chi connectivity index (χ1v) is 24.2. The van der Waals surface area contributed by atoms with Crippen molar-refractivity contribution in [1.82, 2.24) is 0 Å². The maximum absolute atomic E-state index is 2.60. The van der Waals surface area contributed by atoms with E-state index in [-0.39, 0.29) is 0 Å². The number of rotatable bonds is 8. The van der Waals surface area contributed by atoms with Gasteiger partial charge in [-0.05, 0) is 129 Å². The van der Waals surface area contributed by atoms with Crippen LogP contribution in [0.5, 0.6) is 0 Å². The lowest BCUT2D eigenvalue weighted by atomic mass is 9.91. The first-order chi connectivity index (χ1) is 31.7. The Labute approximate surface area is 375 Å². The van der Waals surface area contributed by atoms with E-state index in [1.807, 2.05) is 0 Å². The minimum atomic E-state index is -2.60. The lowest BCUT2D eigenvalue weighted by molar-refractivity contribution is 1.29. The fourth-order valence-corrected chi connectivity index (χ4v) is 15.6. The van der Waals surface area contributed by atoms with Gasteiger partial charge in [-0.3, -0.25) is 0 Å². The number of nitrogens with zero attached hydrogens (tertiary/aromatic N) is 1. The topological polar surface area (TPSA) is 3.24 Å². The molecule has 11 aromatic rings. The van der Waals surface area contributed by atoms with Crippen LogP contribution in [-0.2, 0) is 0 Å². The zero-order chi connectivity index (χ0) is 42.5. The van der Waals surface area contributed by atoms with Gasteiger partial charge in [-0.1, -0.05) is 218 Å². The molecule has 64 heavy (non-hydrogen) atoms. The number of hydrogen-bond donors (Lipinski definition) is 0. The average Bonchev–Trinajstić information content (AvgIpc) is 3.66. The predicted molar refractivity (Wildman–Crippen MR) is 275 cm³/mol. The Bertz CT molecular complexity index is 3410. The Kier molecular flexibility index (Phi) is 9.25. The molecule has 0 fully saturated rings. The first-order valence-electron chi connectivity index (χ1n) is 22.2. The van der Waals surface area contributed by atoms with Crippen LogP contribution in [0.15, 0.2) is 261 Å². The van der Waals surface area contributed by atoms with Crippen molar-refractivity contribution in [3.05, 3.63) is 261 Å². The molecule has 1 aliphatic rings. The lowest BCUT2D eigenvalue weighted by Crippen LogP contribution is -2.72. The fraction of sp³-hybridized carbons (Fsp3) is 0. The van der Waals surface area contributed by atoms with Gasteiger partial charge in [-0.2, -0.15) is 0 Å². The molecule has 0 spiro atoms. The van der Waals surface area contributed by atoms with E-state index in [0.29, 0.717) is 0 Å². The van der Waals surface area contributed by atoms with Crippen molar-refractivity contribution >= 4 is 67.4 Å². The molecule has 1 nitrogen and oxygen atoms in total. The molecule has 2 heteroatoms. The minimum absolute atomic E-state index is 1.10. The molecule has 0 N–H and O–H groups in total. The molecule has 0 bridgehead atoms. The zero-order valence-corrected chi connectivity index (χ0v) is 36.3. The third-order valence-electron chi connectivity index (χ3n) is 13.3. The molecule has 11 aromatic carbocycles. The highest BCUT2D eigenvalue weighted by Crippen LogP contribution is 2.41. The third-order valence-corrected chi connectivity index (χ3v) is 18.2. The molecule has 0 radical (unpaired) electrons. The van der Waals surface area contributed by atoms with Gasteiger partial charge in [0.25, 0.3) is 0 Å². The van der Waals surface area contributed by atoms with Gasteiger partial charge in [-0.15, -0.1) is 0 Å². The van der Waals surface area contributed by atoms with E-state index in [4.69, 9.17) is 0 Å². The first kappa shape index (κ1) is 37.7. The fourth-order valence-electron chi connectivity index (χ4n) is 10.4. The van der Waals surface area contributed by atoms with Crippen LogP contribution >= 0.6 is 0 Å². The molecule has 12 rings (SSSR count). The van der Waals surface area contributed by atoms with Crippen molar-refractivity contribution in [2.45, 2.75) is 0 Å². The molecule has 0 aromatic heterocycles. The lowest BCUT2D eigenvalue weighted by Gasteiger charge is -2.31. The van der Waals surface area contributed by atoms with Gasteiger partial charge in [0.05, 0.1) is 0 Å². The number of benzene rings is 11. The summed E-state index contributed by atoms with van der Waals surface area (Å²) in [6.07, 6.45) is 0. The van der Waals surface area contributed by atoms with Crippen LogP contribution in [0.2, 0.25) is 0 Å². The van der Waals surface area contributed by atoms with E-state index in [1.165, 1.54) is 86.8 Å². The van der Waals surface area contributed by atoms with Gasteiger partial charge in [0, 0.05) is 17.1 Å². The maximum atomic E-state index is 2.52. The summed E-state index contributed by atoms with van der Waals surface area (Å²) in [5, 5.41) is 10.7. The molecule has 0 saturated carbocycles. The molecular formula is C62H43NSi. The molecule has 0 aliphatic carbocycles. The maximum Gasteiger partial charge on any atom is 0.180 e. The highest BCUT2D eigenvalue weighted by atomic mass is 28.3. The Morgan fingerprint density at radius 1 is 0.250 bits per heavy atom. The summed E-state index contributed by atoms with van der Waals surface area (Å²) in [6.45, 7) is 0. The summed E-state index contributed by atoms with van der Waals surface area (Å²) >= 11 is 0. The van der Waals surface area contributed by atoms with E-state index in [1.54, 1.807) is 0 Å². The van der Waals surface area contributed by atoms with E-state index in [0.717, 1.165) is 17.1 Å². The molecule has 1 aliphatic heterocycles. The van der Waals surface area contributed by atoms with Gasteiger partial charge in [0.2, 0.25) is 0 Å². The molecule has 0 saturated heterocycles. The Morgan fingerprint density at radius 2 is 0.719 bits per heavy atom. The zero-order valence-electron chi connectivity index (χ0n) is 35.3. The van der Waals surface area contributed by atoms with E-state index in [2.05, 4.69) is 266 Å². The molecule has 0 amide bonds. The summed E-state index contributed by atoms with van der Waals surface area (Å²) in [4.78, 5) is 2.41. The van der Waals surface area contributed by atoms with Crippen LogP contribution in [0.25, 0.3) is 66.1 Å². The summed E-state index contributed by atoms with van der Waals surface area (Å²) < 4.78 is 0. The van der Waals surface area contributed by atoms with Gasteiger partial charge in [0.15, 0.2) is 8.07 Å². The summed E-state index contributed by atoms with van der Waals surface area (Å²) in [6, 6.07) is 96.5. The Morgan fingerprint density at radius 3 is 1.33 bits per heavy atom. The highest BCUT2D eigenvalue weighted by molar-refractivity contribution is 7.22. The summed E-state index contributed by atoms with van der Waals surface area (Å²) in [7, 11) is -2.60. The van der Waals surface area contributed by atoms with Gasteiger partial charge >= 0.3 is 0 Å². The van der Waals surface area contributed by atoms with Crippen molar-refractivity contribution in [3.8, 4) is 44.5 Å². The van der Waals surface area contributed by atoms with Crippen molar-refractivity contribution in [1.29, 1.82) is 0 Å². The molecule has 300 valence electrons. The van der Waals surface area contributed by atoms with Crippen molar-refractivity contribution < 1.29 is 0 Å². The smallest absolute Gasteiger partial charge is 0.180 e. The number of anilines is 3. The van der Waals surface area contributed by atoms with Crippen LogP contribution in [0.1, 0.15) is 0 Å². The SMILES string of the molecule is c1ccc(-c2ccc(N(c3ccc(-c4cccc5cccc(-c6ccccc6)c45)cc3)c3ccc4cc5c(cc4c3)-c3ccccc3[Si]5(c3ccccc3)c3ccccc3)cc2)cc1. The van der Waals surface area contributed by atoms with Crippen molar-refractivity contribution in [2.24, 2.45) is 0 Å². The second-order valence-electron chi connectivity index (χ2n) is 16.8.